The average Bonchev–Trinajstić information content (AvgIpc) is 2.27. The van der Waals surface area contributed by atoms with E-state index in [4.69, 9.17) is 0 Å². The maximum absolute atomic E-state index is 11.1. The molecule has 0 radical (unpaired) electrons. The van der Waals surface area contributed by atoms with Gasteiger partial charge in [0.15, 0.2) is 0 Å². The van der Waals surface area contributed by atoms with E-state index >= 15 is 0 Å². The van der Waals surface area contributed by atoms with Gasteiger partial charge in [-0.25, -0.2) is 0 Å². The first-order chi connectivity index (χ1) is 8.24. The first-order valence-electron chi connectivity index (χ1n) is 7.05. The Balaban J connectivity index is 2.34. The van der Waals surface area contributed by atoms with E-state index in [1.165, 1.54) is 11.1 Å². The molecule has 1 heteroatoms. The van der Waals surface area contributed by atoms with Gasteiger partial charge in [-0.05, 0) is 61.1 Å². The summed E-state index contributed by atoms with van der Waals surface area (Å²) in [6.45, 7) is 11.1. The van der Waals surface area contributed by atoms with Gasteiger partial charge in [0.1, 0.15) is 0 Å². The summed E-state index contributed by atoms with van der Waals surface area (Å²) in [5.74, 6) is 0.323. The van der Waals surface area contributed by atoms with Crippen LogP contribution in [0.3, 0.4) is 0 Å². The lowest BCUT2D eigenvalue weighted by Crippen LogP contribution is -2.41. The molecule has 2 atom stereocenters. The molecule has 0 amide bonds. The highest BCUT2D eigenvalue weighted by atomic mass is 16.3. The van der Waals surface area contributed by atoms with E-state index in [2.05, 4.69) is 52.8 Å². The molecule has 0 aromatic heterocycles. The SMILES string of the molecule is Cc1ccc(C2(O)CCC(C)(C)CC2C)cc1C. The van der Waals surface area contributed by atoms with Crippen LogP contribution in [0.15, 0.2) is 18.2 Å². The summed E-state index contributed by atoms with van der Waals surface area (Å²) >= 11 is 0. The largest absolute Gasteiger partial charge is 0.385 e. The third-order valence-electron chi connectivity index (χ3n) is 4.86. The second-order valence-electron chi connectivity index (χ2n) is 6.99. The molecule has 1 saturated carbocycles. The molecule has 1 aliphatic carbocycles. The molecule has 18 heavy (non-hydrogen) atoms. The van der Waals surface area contributed by atoms with Gasteiger partial charge in [0, 0.05) is 0 Å². The number of benzene rings is 1. The number of rotatable bonds is 1. The minimum absolute atomic E-state index is 0.323. The maximum atomic E-state index is 11.1. The van der Waals surface area contributed by atoms with Crippen molar-refractivity contribution < 1.29 is 5.11 Å². The molecule has 1 fully saturated rings. The Morgan fingerprint density at radius 2 is 1.78 bits per heavy atom. The van der Waals surface area contributed by atoms with Crippen LogP contribution in [0, 0.1) is 25.2 Å². The van der Waals surface area contributed by atoms with Gasteiger partial charge in [-0.1, -0.05) is 39.0 Å². The molecule has 0 saturated heterocycles. The van der Waals surface area contributed by atoms with Crippen molar-refractivity contribution in [3.05, 3.63) is 34.9 Å². The summed E-state index contributed by atoms with van der Waals surface area (Å²) in [7, 11) is 0. The lowest BCUT2D eigenvalue weighted by atomic mass is 9.63. The van der Waals surface area contributed by atoms with Gasteiger partial charge in [0.05, 0.1) is 5.60 Å². The summed E-state index contributed by atoms with van der Waals surface area (Å²) in [5, 5.41) is 11.1. The van der Waals surface area contributed by atoms with Crippen molar-refractivity contribution >= 4 is 0 Å². The van der Waals surface area contributed by atoms with Crippen molar-refractivity contribution in [2.75, 3.05) is 0 Å². The van der Waals surface area contributed by atoms with E-state index in [1.54, 1.807) is 0 Å². The number of hydrogen-bond acceptors (Lipinski definition) is 1. The van der Waals surface area contributed by atoms with E-state index in [0.29, 0.717) is 11.3 Å². The zero-order valence-corrected chi connectivity index (χ0v) is 12.4. The van der Waals surface area contributed by atoms with Crippen molar-refractivity contribution in [2.24, 2.45) is 11.3 Å². The molecule has 1 aromatic carbocycles. The van der Waals surface area contributed by atoms with Gasteiger partial charge in [-0.2, -0.15) is 0 Å². The fourth-order valence-corrected chi connectivity index (χ4v) is 3.31. The van der Waals surface area contributed by atoms with Crippen molar-refractivity contribution in [1.29, 1.82) is 0 Å². The Bertz CT molecular complexity index is 447. The van der Waals surface area contributed by atoms with Crippen LogP contribution < -0.4 is 0 Å². The van der Waals surface area contributed by atoms with Gasteiger partial charge >= 0.3 is 0 Å². The Kier molecular flexibility index (Phi) is 3.31. The molecular weight excluding hydrogens is 220 g/mol. The van der Waals surface area contributed by atoms with Crippen LogP contribution in [0.5, 0.6) is 0 Å². The molecule has 1 nitrogen and oxygen atoms in total. The molecule has 1 aromatic rings. The topological polar surface area (TPSA) is 20.2 Å². The monoisotopic (exact) mass is 246 g/mol. The third-order valence-corrected chi connectivity index (χ3v) is 4.86. The summed E-state index contributed by atoms with van der Waals surface area (Å²) in [4.78, 5) is 0. The molecule has 1 aliphatic rings. The van der Waals surface area contributed by atoms with Crippen LogP contribution in [-0.4, -0.2) is 5.11 Å². The Morgan fingerprint density at radius 1 is 1.11 bits per heavy atom. The van der Waals surface area contributed by atoms with Gasteiger partial charge in [0.2, 0.25) is 0 Å². The third kappa shape index (κ3) is 2.33. The second kappa shape index (κ2) is 4.38. The predicted octanol–water partition coefficient (Wildman–Crippen LogP) is 4.34. The predicted molar refractivity (Wildman–Crippen MR) is 76.6 cm³/mol. The maximum Gasteiger partial charge on any atom is 0.0922 e. The van der Waals surface area contributed by atoms with Crippen molar-refractivity contribution in [2.45, 2.75) is 59.5 Å². The van der Waals surface area contributed by atoms with Crippen LogP contribution >= 0.6 is 0 Å². The van der Waals surface area contributed by atoms with Crippen molar-refractivity contribution in [3.8, 4) is 0 Å². The summed E-state index contributed by atoms with van der Waals surface area (Å²) < 4.78 is 0. The minimum atomic E-state index is -0.631. The van der Waals surface area contributed by atoms with E-state index in [-0.39, 0.29) is 0 Å². The van der Waals surface area contributed by atoms with Crippen molar-refractivity contribution in [1.82, 2.24) is 0 Å². The quantitative estimate of drug-likeness (QED) is 0.781. The van der Waals surface area contributed by atoms with Crippen LogP contribution in [0.4, 0.5) is 0 Å². The lowest BCUT2D eigenvalue weighted by Gasteiger charge is -2.45. The van der Waals surface area contributed by atoms with Crippen molar-refractivity contribution in [3.63, 3.8) is 0 Å². The second-order valence-corrected chi connectivity index (χ2v) is 6.99. The first-order valence-corrected chi connectivity index (χ1v) is 7.05. The van der Waals surface area contributed by atoms with E-state index in [0.717, 1.165) is 24.8 Å². The lowest BCUT2D eigenvalue weighted by molar-refractivity contribution is -0.0770. The highest BCUT2D eigenvalue weighted by Gasteiger charge is 2.43. The van der Waals surface area contributed by atoms with Gasteiger partial charge in [0.25, 0.3) is 0 Å². The normalized spacial score (nSPS) is 31.3. The molecule has 100 valence electrons. The first kappa shape index (κ1) is 13.6. The molecule has 0 heterocycles. The van der Waals surface area contributed by atoms with E-state index < -0.39 is 5.60 Å². The van der Waals surface area contributed by atoms with Gasteiger partial charge in [-0.3, -0.25) is 0 Å². The van der Waals surface area contributed by atoms with E-state index in [9.17, 15) is 5.11 Å². The Hall–Kier alpha value is -0.820. The fraction of sp³-hybridized carbons (Fsp3) is 0.647. The summed E-state index contributed by atoms with van der Waals surface area (Å²) in [5.41, 5.74) is 3.41. The molecule has 0 aliphatic heterocycles. The fourth-order valence-electron chi connectivity index (χ4n) is 3.31. The minimum Gasteiger partial charge on any atom is -0.385 e. The average molecular weight is 246 g/mol. The summed E-state index contributed by atoms with van der Waals surface area (Å²) in [6.07, 6.45) is 3.07. The molecular formula is C17H26O. The van der Waals surface area contributed by atoms with Crippen LogP contribution in [0.1, 0.15) is 56.7 Å². The zero-order chi connectivity index (χ0) is 13.6. The van der Waals surface area contributed by atoms with Crippen LogP contribution in [0.25, 0.3) is 0 Å². The molecule has 0 spiro atoms. The van der Waals surface area contributed by atoms with Gasteiger partial charge in [-0.15, -0.1) is 0 Å². The molecule has 0 bridgehead atoms. The Morgan fingerprint density at radius 3 is 2.33 bits per heavy atom. The number of aryl methyl sites for hydroxylation is 2. The summed E-state index contributed by atoms with van der Waals surface area (Å²) in [6, 6.07) is 6.41. The smallest absolute Gasteiger partial charge is 0.0922 e. The standard InChI is InChI=1S/C17H26O/c1-12-6-7-15(10-13(12)2)17(18)9-8-16(4,5)11-14(17)3/h6-7,10,14,18H,8-9,11H2,1-5H3. The van der Waals surface area contributed by atoms with E-state index in [1.807, 2.05) is 0 Å². The zero-order valence-electron chi connectivity index (χ0n) is 12.4. The molecule has 1 N–H and O–H groups in total. The number of aliphatic hydroxyl groups is 1. The Labute approximate surface area is 111 Å². The van der Waals surface area contributed by atoms with Crippen LogP contribution in [-0.2, 0) is 5.60 Å². The highest BCUT2D eigenvalue weighted by molar-refractivity contribution is 5.34. The van der Waals surface area contributed by atoms with Crippen LogP contribution in [0.2, 0.25) is 0 Å². The molecule has 2 rings (SSSR count). The van der Waals surface area contributed by atoms with Gasteiger partial charge < -0.3 is 5.11 Å². The molecule has 2 unspecified atom stereocenters. The highest BCUT2D eigenvalue weighted by Crippen LogP contribution is 2.48. The number of hydrogen-bond donors (Lipinski definition) is 1.